The normalized spacial score (nSPS) is 12.4. The fraction of sp³-hybridized carbons (Fsp3) is 0.500. The highest BCUT2D eigenvalue weighted by atomic mass is 32.2. The van der Waals surface area contributed by atoms with Gasteiger partial charge in [0.15, 0.2) is 4.34 Å². The summed E-state index contributed by atoms with van der Waals surface area (Å²) in [6, 6.07) is 10.5. The standard InChI is InChI=1S/C18H26N4OS2/c1-12(2)22(13(3)4)16(23)14(5)24-18-21-20-17(25-18)19-11-15-9-7-6-8-10-15/h6-10,12-14H,11H2,1-5H3,(H,19,20). The van der Waals surface area contributed by atoms with Gasteiger partial charge in [-0.05, 0) is 40.2 Å². The van der Waals surface area contributed by atoms with E-state index in [9.17, 15) is 4.79 Å². The van der Waals surface area contributed by atoms with Crippen LogP contribution in [0.5, 0.6) is 0 Å². The molecular weight excluding hydrogens is 352 g/mol. The van der Waals surface area contributed by atoms with Crippen LogP contribution in [0.2, 0.25) is 0 Å². The summed E-state index contributed by atoms with van der Waals surface area (Å²) >= 11 is 2.96. The lowest BCUT2D eigenvalue weighted by Gasteiger charge is -2.32. The molecule has 2 aromatic rings. The number of benzene rings is 1. The summed E-state index contributed by atoms with van der Waals surface area (Å²) < 4.78 is 0.809. The van der Waals surface area contributed by atoms with E-state index in [1.54, 1.807) is 0 Å². The van der Waals surface area contributed by atoms with E-state index >= 15 is 0 Å². The molecule has 1 atom stereocenters. The third kappa shape index (κ3) is 5.71. The number of rotatable bonds is 8. The molecule has 5 nitrogen and oxygen atoms in total. The number of thioether (sulfide) groups is 1. The minimum Gasteiger partial charge on any atom is -0.356 e. The molecule has 1 aromatic heterocycles. The first-order chi connectivity index (χ1) is 11.9. The lowest BCUT2D eigenvalue weighted by Crippen LogP contribution is -2.45. The molecule has 25 heavy (non-hydrogen) atoms. The van der Waals surface area contributed by atoms with Crippen molar-refractivity contribution in [3.63, 3.8) is 0 Å². The van der Waals surface area contributed by atoms with Crippen molar-refractivity contribution in [1.29, 1.82) is 0 Å². The van der Waals surface area contributed by atoms with Crippen LogP contribution in [0.25, 0.3) is 0 Å². The monoisotopic (exact) mass is 378 g/mol. The Bertz CT molecular complexity index is 665. The van der Waals surface area contributed by atoms with Crippen LogP contribution in [-0.2, 0) is 11.3 Å². The first-order valence-electron chi connectivity index (χ1n) is 8.48. The smallest absolute Gasteiger partial charge is 0.236 e. The van der Waals surface area contributed by atoms with E-state index in [0.717, 1.165) is 9.47 Å². The summed E-state index contributed by atoms with van der Waals surface area (Å²) in [5.74, 6) is 0.143. The van der Waals surface area contributed by atoms with Gasteiger partial charge in [0.1, 0.15) is 0 Å². The van der Waals surface area contributed by atoms with Crippen LogP contribution >= 0.6 is 23.1 Å². The van der Waals surface area contributed by atoms with Crippen LogP contribution in [0.4, 0.5) is 5.13 Å². The van der Waals surface area contributed by atoms with Gasteiger partial charge in [0.2, 0.25) is 11.0 Å². The summed E-state index contributed by atoms with van der Waals surface area (Å²) in [7, 11) is 0. The van der Waals surface area contributed by atoms with E-state index in [4.69, 9.17) is 0 Å². The maximum atomic E-state index is 12.7. The van der Waals surface area contributed by atoms with Gasteiger partial charge in [-0.3, -0.25) is 4.79 Å². The average molecular weight is 379 g/mol. The summed E-state index contributed by atoms with van der Waals surface area (Å²) in [4.78, 5) is 14.6. The SMILES string of the molecule is CC(Sc1nnc(NCc2ccccc2)s1)C(=O)N(C(C)C)C(C)C. The molecular formula is C18H26N4OS2. The van der Waals surface area contributed by atoms with Gasteiger partial charge in [0, 0.05) is 18.6 Å². The maximum Gasteiger partial charge on any atom is 0.236 e. The Kier molecular flexibility index (Phi) is 7.25. The Balaban J connectivity index is 1.92. The molecule has 7 heteroatoms. The number of hydrogen-bond donors (Lipinski definition) is 1. The Hall–Kier alpha value is -1.60. The van der Waals surface area contributed by atoms with Gasteiger partial charge in [-0.25, -0.2) is 0 Å². The molecule has 0 saturated heterocycles. The predicted octanol–water partition coefficient (Wildman–Crippen LogP) is 4.28. The molecule has 2 rings (SSSR count). The molecule has 0 radical (unpaired) electrons. The van der Waals surface area contributed by atoms with Crippen molar-refractivity contribution in [2.24, 2.45) is 0 Å². The van der Waals surface area contributed by atoms with Crippen LogP contribution < -0.4 is 5.32 Å². The van der Waals surface area contributed by atoms with E-state index in [0.29, 0.717) is 6.54 Å². The Morgan fingerprint density at radius 3 is 2.36 bits per heavy atom. The van der Waals surface area contributed by atoms with Crippen LogP contribution in [0.3, 0.4) is 0 Å². The number of anilines is 1. The maximum absolute atomic E-state index is 12.7. The quantitative estimate of drug-likeness (QED) is 0.695. The van der Waals surface area contributed by atoms with Crippen molar-refractivity contribution in [3.05, 3.63) is 35.9 Å². The van der Waals surface area contributed by atoms with Crippen molar-refractivity contribution < 1.29 is 4.79 Å². The molecule has 0 bridgehead atoms. The number of nitrogens with zero attached hydrogens (tertiary/aromatic N) is 3. The summed E-state index contributed by atoms with van der Waals surface area (Å²) in [5, 5.41) is 12.2. The molecule has 1 N–H and O–H groups in total. The van der Waals surface area contributed by atoms with Gasteiger partial charge in [0.25, 0.3) is 0 Å². The Labute approximate surface area is 158 Å². The van der Waals surface area contributed by atoms with E-state index in [-0.39, 0.29) is 23.2 Å². The molecule has 1 heterocycles. The Morgan fingerprint density at radius 1 is 1.12 bits per heavy atom. The van der Waals surface area contributed by atoms with Crippen molar-refractivity contribution in [1.82, 2.24) is 15.1 Å². The second kappa shape index (κ2) is 9.20. The first-order valence-corrected chi connectivity index (χ1v) is 10.2. The first kappa shape index (κ1) is 19.7. The summed E-state index contributed by atoms with van der Waals surface area (Å²) in [5.41, 5.74) is 1.19. The highest BCUT2D eigenvalue weighted by molar-refractivity contribution is 8.02. The van der Waals surface area contributed by atoms with E-state index < -0.39 is 0 Å². The number of carbonyl (C=O) groups is 1. The number of aromatic nitrogens is 2. The molecule has 1 aromatic carbocycles. The van der Waals surface area contributed by atoms with E-state index in [2.05, 4.69) is 27.6 Å². The molecule has 0 spiro atoms. The third-order valence-corrected chi connectivity index (χ3v) is 5.74. The minimum atomic E-state index is -0.181. The van der Waals surface area contributed by atoms with E-state index in [1.165, 1.54) is 28.7 Å². The summed E-state index contributed by atoms with van der Waals surface area (Å²) in [6.07, 6.45) is 0. The lowest BCUT2D eigenvalue weighted by atomic mass is 10.2. The van der Waals surface area contributed by atoms with Crippen LogP contribution in [-0.4, -0.2) is 38.3 Å². The van der Waals surface area contributed by atoms with Gasteiger partial charge in [-0.2, -0.15) is 0 Å². The molecule has 1 amide bonds. The second-order valence-corrected chi connectivity index (χ2v) is 8.97. The fourth-order valence-corrected chi connectivity index (χ4v) is 4.57. The van der Waals surface area contributed by atoms with Gasteiger partial charge >= 0.3 is 0 Å². The van der Waals surface area contributed by atoms with Crippen molar-refractivity contribution in [3.8, 4) is 0 Å². The van der Waals surface area contributed by atoms with Crippen molar-refractivity contribution in [2.75, 3.05) is 5.32 Å². The fourth-order valence-electron chi connectivity index (χ4n) is 2.62. The van der Waals surface area contributed by atoms with Crippen LogP contribution in [0.1, 0.15) is 40.2 Å². The molecule has 0 saturated carbocycles. The number of hydrogen-bond acceptors (Lipinski definition) is 6. The predicted molar refractivity (Wildman–Crippen MR) is 106 cm³/mol. The topological polar surface area (TPSA) is 58.1 Å². The lowest BCUT2D eigenvalue weighted by molar-refractivity contribution is -0.133. The largest absolute Gasteiger partial charge is 0.356 e. The van der Waals surface area contributed by atoms with Crippen molar-refractivity contribution >= 4 is 34.1 Å². The van der Waals surface area contributed by atoms with Gasteiger partial charge in [-0.15, -0.1) is 10.2 Å². The number of nitrogens with one attached hydrogen (secondary N) is 1. The minimum absolute atomic E-state index is 0.143. The number of amides is 1. The molecule has 0 aliphatic carbocycles. The van der Waals surface area contributed by atoms with Crippen molar-refractivity contribution in [2.45, 2.75) is 62.8 Å². The number of carbonyl (C=O) groups excluding carboxylic acids is 1. The average Bonchev–Trinajstić information content (AvgIpc) is 3.00. The zero-order chi connectivity index (χ0) is 18.4. The highest BCUT2D eigenvalue weighted by Crippen LogP contribution is 2.30. The third-order valence-electron chi connectivity index (χ3n) is 3.69. The van der Waals surface area contributed by atoms with Gasteiger partial charge < -0.3 is 10.2 Å². The second-order valence-electron chi connectivity index (χ2n) is 6.41. The Morgan fingerprint density at radius 2 is 1.76 bits per heavy atom. The van der Waals surface area contributed by atoms with E-state index in [1.807, 2.05) is 57.7 Å². The van der Waals surface area contributed by atoms with Crippen LogP contribution in [0.15, 0.2) is 34.7 Å². The van der Waals surface area contributed by atoms with Gasteiger partial charge in [-0.1, -0.05) is 53.4 Å². The zero-order valence-electron chi connectivity index (χ0n) is 15.4. The molecule has 136 valence electrons. The zero-order valence-corrected chi connectivity index (χ0v) is 17.0. The molecule has 0 fully saturated rings. The van der Waals surface area contributed by atoms with Crippen LogP contribution in [0, 0.1) is 0 Å². The molecule has 1 unspecified atom stereocenters. The summed E-state index contributed by atoms with van der Waals surface area (Å²) in [6.45, 7) is 10.8. The molecule has 0 aliphatic heterocycles. The highest BCUT2D eigenvalue weighted by Gasteiger charge is 2.26. The van der Waals surface area contributed by atoms with Gasteiger partial charge in [0.05, 0.1) is 5.25 Å². The molecule has 0 aliphatic rings.